The van der Waals surface area contributed by atoms with Crippen LogP contribution in [0.1, 0.15) is 22.8 Å². The number of hydrogen-bond donors (Lipinski definition) is 0. The van der Waals surface area contributed by atoms with Gasteiger partial charge in [0.2, 0.25) is 0 Å². The maximum Gasteiger partial charge on any atom is 0.128 e. The topological polar surface area (TPSA) is 9.23 Å². The van der Waals surface area contributed by atoms with Gasteiger partial charge in [-0.1, -0.05) is 64.0 Å². The summed E-state index contributed by atoms with van der Waals surface area (Å²) in [7, 11) is 0. The van der Waals surface area contributed by atoms with Crippen LogP contribution in [0.25, 0.3) is 0 Å². The molecule has 2 rings (SSSR count). The molecule has 0 aromatic heterocycles. The van der Waals surface area contributed by atoms with E-state index in [9.17, 15) is 4.39 Å². The molecule has 0 amide bonds. The quantitative estimate of drug-likeness (QED) is 0.719. The molecule has 1 nitrogen and oxygen atoms in total. The number of rotatable bonds is 5. The van der Waals surface area contributed by atoms with Gasteiger partial charge in [0.15, 0.2) is 0 Å². The molecular weight excluding hydrogens is 307 g/mol. The minimum atomic E-state index is -0.222. The molecule has 0 radical (unpaired) electrons. The molecule has 0 saturated carbocycles. The largest absolute Gasteiger partial charge is 0.368 e. The Morgan fingerprint density at radius 2 is 1.95 bits per heavy atom. The Morgan fingerprint density at radius 3 is 2.63 bits per heavy atom. The molecule has 0 saturated heterocycles. The van der Waals surface area contributed by atoms with E-state index in [0.717, 1.165) is 5.56 Å². The number of aryl methyl sites for hydroxylation is 1. The SMILES string of the molecule is Cc1cccc(C(CBr)OCc2ccccc2F)c1. The van der Waals surface area contributed by atoms with E-state index in [-0.39, 0.29) is 18.5 Å². The van der Waals surface area contributed by atoms with Crippen LogP contribution in [0.3, 0.4) is 0 Å². The number of alkyl halides is 1. The lowest BCUT2D eigenvalue weighted by Crippen LogP contribution is -2.07. The van der Waals surface area contributed by atoms with E-state index in [4.69, 9.17) is 4.74 Å². The van der Waals surface area contributed by atoms with Crippen LogP contribution in [0.4, 0.5) is 4.39 Å². The van der Waals surface area contributed by atoms with Gasteiger partial charge in [0.1, 0.15) is 5.82 Å². The molecule has 3 heteroatoms. The molecule has 0 aliphatic heterocycles. The summed E-state index contributed by atoms with van der Waals surface area (Å²) in [5, 5.41) is 0.685. The summed E-state index contributed by atoms with van der Waals surface area (Å²) >= 11 is 3.45. The third kappa shape index (κ3) is 3.88. The molecule has 19 heavy (non-hydrogen) atoms. The van der Waals surface area contributed by atoms with Crippen molar-refractivity contribution in [3.05, 3.63) is 71.0 Å². The van der Waals surface area contributed by atoms with Crippen molar-refractivity contribution in [2.75, 3.05) is 5.33 Å². The van der Waals surface area contributed by atoms with Gasteiger partial charge in [0.05, 0.1) is 12.7 Å². The van der Waals surface area contributed by atoms with Crippen molar-refractivity contribution in [3.8, 4) is 0 Å². The third-order valence-electron chi connectivity index (χ3n) is 2.95. The van der Waals surface area contributed by atoms with E-state index >= 15 is 0 Å². The first-order valence-corrected chi connectivity index (χ1v) is 7.30. The van der Waals surface area contributed by atoms with Crippen molar-refractivity contribution in [1.29, 1.82) is 0 Å². The Hall–Kier alpha value is -1.19. The van der Waals surface area contributed by atoms with Crippen molar-refractivity contribution in [1.82, 2.24) is 0 Å². The smallest absolute Gasteiger partial charge is 0.128 e. The molecular formula is C16H16BrFO. The van der Waals surface area contributed by atoms with E-state index in [0.29, 0.717) is 10.9 Å². The first kappa shape index (κ1) is 14.2. The van der Waals surface area contributed by atoms with Crippen molar-refractivity contribution in [2.45, 2.75) is 19.6 Å². The molecule has 100 valence electrons. The lowest BCUT2D eigenvalue weighted by molar-refractivity contribution is 0.0548. The molecule has 0 bridgehead atoms. The van der Waals surface area contributed by atoms with Gasteiger partial charge in [-0.2, -0.15) is 0 Å². The van der Waals surface area contributed by atoms with E-state index < -0.39 is 0 Å². The predicted octanol–water partition coefficient (Wildman–Crippen LogP) is 4.79. The average molecular weight is 323 g/mol. The summed E-state index contributed by atoms with van der Waals surface area (Å²) in [5.41, 5.74) is 2.88. The summed E-state index contributed by atoms with van der Waals surface area (Å²) in [4.78, 5) is 0. The summed E-state index contributed by atoms with van der Waals surface area (Å²) in [6.07, 6.45) is -0.0699. The second-order valence-electron chi connectivity index (χ2n) is 4.46. The van der Waals surface area contributed by atoms with Crippen molar-refractivity contribution in [3.63, 3.8) is 0 Å². The van der Waals surface area contributed by atoms with Gasteiger partial charge in [-0.25, -0.2) is 4.39 Å². The summed E-state index contributed by atoms with van der Waals surface area (Å²) in [6, 6.07) is 14.9. The lowest BCUT2D eigenvalue weighted by Gasteiger charge is -2.16. The van der Waals surface area contributed by atoms with Crippen molar-refractivity contribution in [2.24, 2.45) is 0 Å². The summed E-state index contributed by atoms with van der Waals surface area (Å²) in [6.45, 7) is 2.32. The van der Waals surface area contributed by atoms with Gasteiger partial charge in [-0.3, -0.25) is 0 Å². The van der Waals surface area contributed by atoms with E-state index in [1.54, 1.807) is 12.1 Å². The van der Waals surface area contributed by atoms with Crippen molar-refractivity contribution >= 4 is 15.9 Å². The number of ether oxygens (including phenoxy) is 1. The monoisotopic (exact) mass is 322 g/mol. The highest BCUT2D eigenvalue weighted by molar-refractivity contribution is 9.09. The van der Waals surface area contributed by atoms with E-state index in [1.165, 1.54) is 11.6 Å². The fourth-order valence-corrected chi connectivity index (χ4v) is 2.47. The van der Waals surface area contributed by atoms with Crippen molar-refractivity contribution < 1.29 is 9.13 Å². The fraction of sp³-hybridized carbons (Fsp3) is 0.250. The van der Waals surface area contributed by atoms with Gasteiger partial charge in [0, 0.05) is 10.9 Å². The van der Waals surface area contributed by atoms with Gasteiger partial charge in [0.25, 0.3) is 0 Å². The molecule has 0 heterocycles. The van der Waals surface area contributed by atoms with Crippen LogP contribution in [0, 0.1) is 12.7 Å². The van der Waals surface area contributed by atoms with Crippen LogP contribution < -0.4 is 0 Å². The normalized spacial score (nSPS) is 12.4. The van der Waals surface area contributed by atoms with Gasteiger partial charge < -0.3 is 4.74 Å². The highest BCUT2D eigenvalue weighted by atomic mass is 79.9. The van der Waals surface area contributed by atoms with Gasteiger partial charge >= 0.3 is 0 Å². The average Bonchev–Trinajstić information content (AvgIpc) is 2.41. The fourth-order valence-electron chi connectivity index (χ4n) is 1.91. The molecule has 0 aliphatic rings. The zero-order valence-corrected chi connectivity index (χ0v) is 12.4. The Morgan fingerprint density at radius 1 is 1.16 bits per heavy atom. The minimum absolute atomic E-state index is 0.0699. The van der Waals surface area contributed by atoms with Gasteiger partial charge in [-0.15, -0.1) is 0 Å². The number of halogens is 2. The Labute approximate surface area is 121 Å². The molecule has 1 unspecified atom stereocenters. The summed E-state index contributed by atoms with van der Waals surface area (Å²) < 4.78 is 19.3. The zero-order chi connectivity index (χ0) is 13.7. The number of benzene rings is 2. The standard InChI is InChI=1S/C16H16BrFO/c1-12-5-4-7-13(9-12)16(10-17)19-11-14-6-2-3-8-15(14)18/h2-9,16H,10-11H2,1H3. The molecule has 0 aliphatic carbocycles. The van der Waals surface area contributed by atoms with Crippen LogP contribution in [-0.4, -0.2) is 5.33 Å². The Balaban J connectivity index is 2.06. The molecule has 1 atom stereocenters. The predicted molar refractivity (Wildman–Crippen MR) is 78.9 cm³/mol. The molecule has 2 aromatic rings. The van der Waals surface area contributed by atoms with Crippen LogP contribution in [0.5, 0.6) is 0 Å². The van der Waals surface area contributed by atoms with E-state index in [2.05, 4.69) is 22.0 Å². The zero-order valence-electron chi connectivity index (χ0n) is 10.8. The van der Waals surface area contributed by atoms with Crippen LogP contribution in [0.2, 0.25) is 0 Å². The second kappa shape index (κ2) is 6.83. The van der Waals surface area contributed by atoms with Crippen LogP contribution in [0.15, 0.2) is 48.5 Å². The lowest BCUT2D eigenvalue weighted by atomic mass is 10.1. The summed E-state index contributed by atoms with van der Waals surface area (Å²) in [5.74, 6) is -0.222. The van der Waals surface area contributed by atoms with Crippen LogP contribution >= 0.6 is 15.9 Å². The second-order valence-corrected chi connectivity index (χ2v) is 5.11. The number of hydrogen-bond acceptors (Lipinski definition) is 1. The Kier molecular flexibility index (Phi) is 5.11. The maximum atomic E-state index is 13.5. The molecule has 2 aromatic carbocycles. The first-order valence-electron chi connectivity index (χ1n) is 6.18. The highest BCUT2D eigenvalue weighted by Gasteiger charge is 2.12. The van der Waals surface area contributed by atoms with E-state index in [1.807, 2.05) is 31.2 Å². The third-order valence-corrected chi connectivity index (χ3v) is 3.54. The Bertz CT molecular complexity index is 542. The molecule has 0 N–H and O–H groups in total. The van der Waals surface area contributed by atoms with Crippen LogP contribution in [-0.2, 0) is 11.3 Å². The minimum Gasteiger partial charge on any atom is -0.368 e. The maximum absolute atomic E-state index is 13.5. The first-order chi connectivity index (χ1) is 9.20. The molecule has 0 spiro atoms. The highest BCUT2D eigenvalue weighted by Crippen LogP contribution is 2.22. The van der Waals surface area contributed by atoms with Gasteiger partial charge in [-0.05, 0) is 18.6 Å². The molecule has 0 fully saturated rings.